The highest BCUT2D eigenvalue weighted by molar-refractivity contribution is 5.96. The summed E-state index contributed by atoms with van der Waals surface area (Å²) in [6, 6.07) is 12.6. The molecule has 0 saturated heterocycles. The molecule has 6 heteroatoms. The summed E-state index contributed by atoms with van der Waals surface area (Å²) in [6.45, 7) is 7.35. The number of aryl methyl sites for hydroxylation is 4. The fraction of sp³-hybridized carbons (Fsp3) is 0.273. The molecule has 0 bridgehead atoms. The van der Waals surface area contributed by atoms with E-state index in [1.165, 1.54) is 0 Å². The molecule has 1 atom stereocenters. The number of nitrogens with one attached hydrogen (secondary N) is 2. The Bertz CT molecular complexity index is 985. The van der Waals surface area contributed by atoms with Crippen LogP contribution in [0.15, 0.2) is 51.3 Å². The van der Waals surface area contributed by atoms with Gasteiger partial charge in [-0.25, -0.2) is 0 Å². The Labute approximate surface area is 163 Å². The maximum atomic E-state index is 12.7. The van der Waals surface area contributed by atoms with Crippen LogP contribution in [0.2, 0.25) is 0 Å². The molecule has 1 aromatic carbocycles. The van der Waals surface area contributed by atoms with E-state index >= 15 is 0 Å². The van der Waals surface area contributed by atoms with Crippen molar-refractivity contribution in [1.82, 2.24) is 10.6 Å². The highest BCUT2D eigenvalue weighted by Gasteiger charge is 2.21. The molecule has 146 valence electrons. The van der Waals surface area contributed by atoms with Gasteiger partial charge in [-0.1, -0.05) is 30.3 Å². The molecule has 2 amide bonds. The molecule has 2 aromatic heterocycles. The first-order chi connectivity index (χ1) is 13.3. The van der Waals surface area contributed by atoms with Gasteiger partial charge in [0.1, 0.15) is 23.0 Å². The van der Waals surface area contributed by atoms with Crippen molar-refractivity contribution in [2.24, 2.45) is 0 Å². The Balaban J connectivity index is 1.76. The first-order valence-corrected chi connectivity index (χ1v) is 9.13. The van der Waals surface area contributed by atoms with Crippen LogP contribution >= 0.6 is 0 Å². The lowest BCUT2D eigenvalue weighted by molar-refractivity contribution is 0.0906. The van der Waals surface area contributed by atoms with E-state index in [9.17, 15) is 9.59 Å². The molecule has 2 heterocycles. The van der Waals surface area contributed by atoms with Crippen LogP contribution in [0.3, 0.4) is 0 Å². The van der Waals surface area contributed by atoms with E-state index < -0.39 is 0 Å². The van der Waals surface area contributed by atoms with Gasteiger partial charge in [-0.05, 0) is 45.4 Å². The van der Waals surface area contributed by atoms with E-state index in [-0.39, 0.29) is 24.4 Å². The third-order valence-electron chi connectivity index (χ3n) is 4.55. The van der Waals surface area contributed by atoms with Gasteiger partial charge in [0.2, 0.25) is 0 Å². The van der Waals surface area contributed by atoms with Crippen LogP contribution in [0.4, 0.5) is 0 Å². The molecule has 28 heavy (non-hydrogen) atoms. The summed E-state index contributed by atoms with van der Waals surface area (Å²) in [7, 11) is 0. The van der Waals surface area contributed by atoms with E-state index in [0.29, 0.717) is 34.2 Å². The number of carbonyl (C=O) groups is 2. The summed E-state index contributed by atoms with van der Waals surface area (Å²) in [6.07, 6.45) is 0. The topological polar surface area (TPSA) is 84.5 Å². The molecule has 0 spiro atoms. The molecular weight excluding hydrogens is 356 g/mol. The lowest BCUT2D eigenvalue weighted by atomic mass is 10.1. The number of carbonyl (C=O) groups excluding carboxylic acids is 2. The van der Waals surface area contributed by atoms with Crippen LogP contribution in [0.1, 0.15) is 55.4 Å². The van der Waals surface area contributed by atoms with Crippen LogP contribution in [0.5, 0.6) is 0 Å². The smallest absolute Gasteiger partial charge is 0.255 e. The second kappa shape index (κ2) is 8.17. The van der Waals surface area contributed by atoms with Crippen molar-refractivity contribution in [3.8, 4) is 0 Å². The molecule has 6 nitrogen and oxygen atoms in total. The second-order valence-corrected chi connectivity index (χ2v) is 6.80. The number of hydrogen-bond acceptors (Lipinski definition) is 4. The molecule has 0 aliphatic rings. The molecule has 0 aliphatic heterocycles. The third kappa shape index (κ3) is 4.34. The second-order valence-electron chi connectivity index (χ2n) is 6.80. The molecule has 0 saturated carbocycles. The van der Waals surface area contributed by atoms with Gasteiger partial charge in [0.15, 0.2) is 0 Å². The van der Waals surface area contributed by atoms with Crippen molar-refractivity contribution in [2.75, 3.05) is 6.54 Å². The number of furan rings is 2. The molecule has 3 aromatic rings. The van der Waals surface area contributed by atoms with E-state index in [0.717, 1.165) is 5.56 Å². The maximum Gasteiger partial charge on any atom is 0.255 e. The van der Waals surface area contributed by atoms with Crippen molar-refractivity contribution in [3.63, 3.8) is 0 Å². The van der Waals surface area contributed by atoms with Crippen LogP contribution in [-0.4, -0.2) is 18.4 Å². The molecule has 0 unspecified atom stereocenters. The summed E-state index contributed by atoms with van der Waals surface area (Å²) in [5.74, 6) is 2.02. The van der Waals surface area contributed by atoms with Gasteiger partial charge in [-0.15, -0.1) is 0 Å². The van der Waals surface area contributed by atoms with E-state index in [4.69, 9.17) is 8.83 Å². The Morgan fingerprint density at radius 1 is 0.857 bits per heavy atom. The van der Waals surface area contributed by atoms with Crippen LogP contribution < -0.4 is 10.6 Å². The van der Waals surface area contributed by atoms with Crippen LogP contribution in [0.25, 0.3) is 0 Å². The summed E-state index contributed by atoms with van der Waals surface area (Å²) < 4.78 is 10.9. The van der Waals surface area contributed by atoms with Crippen molar-refractivity contribution in [1.29, 1.82) is 0 Å². The Morgan fingerprint density at radius 2 is 1.39 bits per heavy atom. The Kier molecular flexibility index (Phi) is 5.68. The molecule has 0 radical (unpaired) electrons. The van der Waals surface area contributed by atoms with Gasteiger partial charge in [0.05, 0.1) is 17.2 Å². The number of hydrogen-bond donors (Lipinski definition) is 2. The molecular formula is C22H24N2O4. The van der Waals surface area contributed by atoms with Crippen molar-refractivity contribution in [2.45, 2.75) is 33.7 Å². The zero-order chi connectivity index (χ0) is 20.3. The van der Waals surface area contributed by atoms with Gasteiger partial charge in [0, 0.05) is 6.54 Å². The van der Waals surface area contributed by atoms with Gasteiger partial charge in [0.25, 0.3) is 11.8 Å². The summed E-state index contributed by atoms with van der Waals surface area (Å²) >= 11 is 0. The summed E-state index contributed by atoms with van der Waals surface area (Å²) in [4.78, 5) is 25.3. The number of rotatable bonds is 6. The average molecular weight is 380 g/mol. The van der Waals surface area contributed by atoms with E-state index in [1.807, 2.05) is 30.3 Å². The normalized spacial score (nSPS) is 11.9. The molecule has 2 N–H and O–H groups in total. The standard InChI is InChI=1S/C22H24N2O4/c1-13-10-18(15(3)27-13)21(25)23-12-20(17-8-6-5-7-9-17)24-22(26)19-11-14(2)28-16(19)4/h5-11,20H,12H2,1-4H3,(H,23,25)(H,24,26)/t20-/m1/s1. The van der Waals surface area contributed by atoms with Gasteiger partial charge in [-0.2, -0.15) is 0 Å². The molecule has 0 aliphatic carbocycles. The highest BCUT2D eigenvalue weighted by Crippen LogP contribution is 2.18. The summed E-state index contributed by atoms with van der Waals surface area (Å²) in [5.41, 5.74) is 1.89. The lowest BCUT2D eigenvalue weighted by Gasteiger charge is -2.20. The molecule has 3 rings (SSSR count). The Hall–Kier alpha value is -3.28. The number of amides is 2. The Morgan fingerprint density at radius 3 is 1.89 bits per heavy atom. The van der Waals surface area contributed by atoms with Gasteiger partial charge in [-0.3, -0.25) is 9.59 Å². The zero-order valence-electron chi connectivity index (χ0n) is 16.5. The molecule has 0 fully saturated rings. The van der Waals surface area contributed by atoms with Crippen molar-refractivity contribution in [3.05, 3.63) is 82.2 Å². The quantitative estimate of drug-likeness (QED) is 0.677. The van der Waals surface area contributed by atoms with Crippen molar-refractivity contribution >= 4 is 11.8 Å². The number of benzene rings is 1. The lowest BCUT2D eigenvalue weighted by Crippen LogP contribution is -2.38. The average Bonchev–Trinajstić information content (AvgIpc) is 3.19. The summed E-state index contributed by atoms with van der Waals surface area (Å²) in [5, 5.41) is 5.88. The van der Waals surface area contributed by atoms with E-state index in [2.05, 4.69) is 10.6 Å². The predicted molar refractivity (Wildman–Crippen MR) is 105 cm³/mol. The third-order valence-corrected chi connectivity index (χ3v) is 4.55. The van der Waals surface area contributed by atoms with Gasteiger partial charge >= 0.3 is 0 Å². The monoisotopic (exact) mass is 380 g/mol. The fourth-order valence-corrected chi connectivity index (χ4v) is 3.18. The first kappa shape index (κ1) is 19.5. The van der Waals surface area contributed by atoms with Gasteiger partial charge < -0.3 is 19.5 Å². The van der Waals surface area contributed by atoms with Crippen LogP contribution in [-0.2, 0) is 0 Å². The predicted octanol–water partition coefficient (Wildman–Crippen LogP) is 4.01. The van der Waals surface area contributed by atoms with E-state index in [1.54, 1.807) is 39.8 Å². The minimum atomic E-state index is -0.388. The largest absolute Gasteiger partial charge is 0.466 e. The fourth-order valence-electron chi connectivity index (χ4n) is 3.18. The SMILES string of the molecule is Cc1cc(C(=O)NC[C@@H](NC(=O)c2cc(C)oc2C)c2ccccc2)c(C)o1. The minimum Gasteiger partial charge on any atom is -0.466 e. The van der Waals surface area contributed by atoms with Crippen molar-refractivity contribution < 1.29 is 18.4 Å². The highest BCUT2D eigenvalue weighted by atomic mass is 16.3. The van der Waals surface area contributed by atoms with Crippen LogP contribution in [0, 0.1) is 27.7 Å². The first-order valence-electron chi connectivity index (χ1n) is 9.13. The zero-order valence-corrected chi connectivity index (χ0v) is 16.5. The minimum absolute atomic E-state index is 0.236. The maximum absolute atomic E-state index is 12.7.